The first-order valence-corrected chi connectivity index (χ1v) is 10.1. The number of carboxylic acid groups (broad SMARTS) is 1. The van der Waals surface area contributed by atoms with Gasteiger partial charge in [0.25, 0.3) is 10.0 Å². The Balaban J connectivity index is 1.61. The monoisotopic (exact) mass is 388 g/mol. The van der Waals surface area contributed by atoms with E-state index in [1.54, 1.807) is 17.7 Å². The molecule has 0 radical (unpaired) electrons. The highest BCUT2D eigenvalue weighted by molar-refractivity contribution is 7.89. The Bertz CT molecular complexity index is 1120. The zero-order valence-electron chi connectivity index (χ0n) is 14.8. The molecule has 1 atom stereocenters. The van der Waals surface area contributed by atoms with Crippen molar-refractivity contribution in [3.8, 4) is 0 Å². The Morgan fingerprint density at radius 1 is 1.33 bits per heavy atom. The Hall–Kier alpha value is -2.65. The van der Waals surface area contributed by atoms with Gasteiger partial charge in [-0.25, -0.2) is 18.2 Å². The summed E-state index contributed by atoms with van der Waals surface area (Å²) in [4.78, 5) is 18.0. The molecule has 27 heavy (non-hydrogen) atoms. The zero-order valence-corrected chi connectivity index (χ0v) is 15.6. The van der Waals surface area contributed by atoms with Crippen LogP contribution in [0.4, 0.5) is 0 Å². The average Bonchev–Trinajstić information content (AvgIpc) is 3.27. The third-order valence-corrected chi connectivity index (χ3v) is 6.77. The molecule has 1 aliphatic rings. The van der Waals surface area contributed by atoms with Crippen LogP contribution in [0.25, 0.3) is 10.9 Å². The number of aryl methyl sites for hydroxylation is 1. The number of hydrogen-bond donors (Lipinski definition) is 2. The maximum absolute atomic E-state index is 12.8. The van der Waals surface area contributed by atoms with Crippen LogP contribution in [0, 0.1) is 0 Å². The van der Waals surface area contributed by atoms with Gasteiger partial charge in [0.1, 0.15) is 5.69 Å². The number of piperidine rings is 1. The minimum absolute atomic E-state index is 0.0600. The molecule has 1 fully saturated rings. The number of sulfonamides is 1. The lowest BCUT2D eigenvalue weighted by molar-refractivity contribution is 0.0691. The summed E-state index contributed by atoms with van der Waals surface area (Å²) in [7, 11) is -1.88. The van der Waals surface area contributed by atoms with Crippen molar-refractivity contribution in [2.24, 2.45) is 7.05 Å². The van der Waals surface area contributed by atoms with E-state index < -0.39 is 16.0 Å². The quantitative estimate of drug-likeness (QED) is 0.712. The van der Waals surface area contributed by atoms with Crippen molar-refractivity contribution >= 4 is 26.9 Å². The van der Waals surface area contributed by atoms with Crippen molar-refractivity contribution in [2.75, 3.05) is 13.1 Å². The molecule has 1 unspecified atom stereocenters. The van der Waals surface area contributed by atoms with Gasteiger partial charge in [0.05, 0.1) is 6.33 Å². The van der Waals surface area contributed by atoms with Gasteiger partial charge >= 0.3 is 5.97 Å². The molecular weight excluding hydrogens is 368 g/mol. The molecule has 2 aromatic heterocycles. The summed E-state index contributed by atoms with van der Waals surface area (Å²) in [5.41, 5.74) is 1.91. The minimum Gasteiger partial charge on any atom is -0.477 e. The Labute approximate surface area is 156 Å². The van der Waals surface area contributed by atoms with E-state index in [1.807, 2.05) is 18.2 Å². The number of hydrogen-bond acceptors (Lipinski definition) is 4. The van der Waals surface area contributed by atoms with Crippen LogP contribution in [0.1, 0.15) is 34.8 Å². The molecule has 8 nitrogen and oxygen atoms in total. The highest BCUT2D eigenvalue weighted by Crippen LogP contribution is 2.31. The van der Waals surface area contributed by atoms with Crippen molar-refractivity contribution in [3.63, 3.8) is 0 Å². The Morgan fingerprint density at radius 3 is 2.85 bits per heavy atom. The smallest absolute Gasteiger partial charge is 0.352 e. The van der Waals surface area contributed by atoms with E-state index >= 15 is 0 Å². The summed E-state index contributed by atoms with van der Waals surface area (Å²) in [6.07, 6.45) is 4.64. The summed E-state index contributed by atoms with van der Waals surface area (Å²) in [6.45, 7) is 0.867. The molecule has 1 aliphatic heterocycles. The maximum atomic E-state index is 12.8. The molecule has 0 bridgehead atoms. The fourth-order valence-corrected chi connectivity index (χ4v) is 5.10. The third-order valence-electron chi connectivity index (χ3n) is 5.02. The molecule has 0 saturated carbocycles. The number of nitrogens with one attached hydrogen (secondary N) is 1. The molecule has 4 rings (SSSR count). The highest BCUT2D eigenvalue weighted by atomic mass is 32.2. The van der Waals surface area contributed by atoms with Crippen molar-refractivity contribution in [3.05, 3.63) is 48.0 Å². The zero-order chi connectivity index (χ0) is 19.2. The molecule has 2 N–H and O–H groups in total. The summed E-state index contributed by atoms with van der Waals surface area (Å²) in [6, 6.07) is 7.33. The molecule has 9 heteroatoms. The first-order chi connectivity index (χ1) is 12.8. The number of carboxylic acids is 1. The molecule has 142 valence electrons. The number of nitrogens with zero attached hydrogens (tertiary/aromatic N) is 3. The van der Waals surface area contributed by atoms with Crippen LogP contribution in [-0.4, -0.2) is 51.4 Å². The fraction of sp³-hybridized carbons (Fsp3) is 0.333. The van der Waals surface area contributed by atoms with Crippen LogP contribution >= 0.6 is 0 Å². The minimum atomic E-state index is -3.61. The average molecular weight is 388 g/mol. The lowest BCUT2D eigenvalue weighted by Crippen LogP contribution is -2.39. The summed E-state index contributed by atoms with van der Waals surface area (Å²) < 4.78 is 28.8. The summed E-state index contributed by atoms with van der Waals surface area (Å²) in [5, 5.41) is 10.0. The molecule has 0 amide bonds. The fourth-order valence-electron chi connectivity index (χ4n) is 3.61. The number of aromatic amines is 1. The second kappa shape index (κ2) is 6.50. The number of fused-ring (bicyclic) bond motifs is 1. The van der Waals surface area contributed by atoms with Crippen molar-refractivity contribution in [1.82, 2.24) is 18.8 Å². The standard InChI is InChI=1S/C18H20N4O4S/c1-21-10-17(19-11-21)27(25,26)22-6-2-3-13(9-22)12-4-5-15-14(7-12)8-16(20-15)18(23)24/h4-5,7-8,10-11,13,20H,2-3,6,9H2,1H3,(H,23,24). The number of benzene rings is 1. The molecule has 1 saturated heterocycles. The van der Waals surface area contributed by atoms with Gasteiger partial charge in [0, 0.05) is 37.2 Å². The first-order valence-electron chi connectivity index (χ1n) is 8.68. The van der Waals surface area contributed by atoms with E-state index in [4.69, 9.17) is 5.11 Å². The van der Waals surface area contributed by atoms with E-state index in [-0.39, 0.29) is 16.6 Å². The van der Waals surface area contributed by atoms with Crippen LogP contribution in [-0.2, 0) is 17.1 Å². The largest absolute Gasteiger partial charge is 0.477 e. The Morgan fingerprint density at radius 2 is 2.15 bits per heavy atom. The van der Waals surface area contributed by atoms with Crippen molar-refractivity contribution in [1.29, 1.82) is 0 Å². The first kappa shape index (κ1) is 17.7. The molecule has 0 spiro atoms. The number of carbonyl (C=O) groups is 1. The SMILES string of the molecule is Cn1cnc(S(=O)(=O)N2CCCC(c3ccc4[nH]c(C(=O)O)cc4c3)C2)c1. The Kier molecular flexibility index (Phi) is 4.27. The normalized spacial score (nSPS) is 18.8. The van der Waals surface area contributed by atoms with Crippen LogP contribution in [0.5, 0.6) is 0 Å². The van der Waals surface area contributed by atoms with Crippen molar-refractivity contribution < 1.29 is 18.3 Å². The van der Waals surface area contributed by atoms with Gasteiger partial charge < -0.3 is 14.7 Å². The predicted molar refractivity (Wildman–Crippen MR) is 99.2 cm³/mol. The van der Waals surface area contributed by atoms with Gasteiger partial charge in [-0.3, -0.25) is 0 Å². The third kappa shape index (κ3) is 3.24. The summed E-state index contributed by atoms with van der Waals surface area (Å²) >= 11 is 0. The van der Waals surface area contributed by atoms with Gasteiger partial charge in [-0.05, 0) is 42.5 Å². The molecular formula is C18H20N4O4S. The second-order valence-corrected chi connectivity index (χ2v) is 8.80. The van der Waals surface area contributed by atoms with Gasteiger partial charge in [0.2, 0.25) is 0 Å². The van der Waals surface area contributed by atoms with E-state index in [9.17, 15) is 13.2 Å². The number of aromatic carboxylic acids is 1. The van der Waals surface area contributed by atoms with E-state index in [0.717, 1.165) is 29.3 Å². The van der Waals surface area contributed by atoms with Gasteiger partial charge in [-0.15, -0.1) is 0 Å². The molecule has 3 aromatic rings. The lowest BCUT2D eigenvalue weighted by Gasteiger charge is -2.31. The number of H-pyrrole nitrogens is 1. The highest BCUT2D eigenvalue weighted by Gasteiger charge is 2.32. The topological polar surface area (TPSA) is 108 Å². The molecule has 0 aliphatic carbocycles. The van der Waals surface area contributed by atoms with Gasteiger partial charge in [-0.1, -0.05) is 6.07 Å². The summed E-state index contributed by atoms with van der Waals surface area (Å²) in [5.74, 6) is -0.942. The van der Waals surface area contributed by atoms with E-state index in [2.05, 4.69) is 9.97 Å². The van der Waals surface area contributed by atoms with Gasteiger partial charge in [-0.2, -0.15) is 4.31 Å². The molecule has 3 heterocycles. The lowest BCUT2D eigenvalue weighted by atomic mass is 9.91. The molecule has 1 aromatic carbocycles. The van der Waals surface area contributed by atoms with E-state index in [1.165, 1.54) is 16.8 Å². The van der Waals surface area contributed by atoms with Crippen LogP contribution in [0.2, 0.25) is 0 Å². The second-order valence-electron chi connectivity index (χ2n) is 6.91. The maximum Gasteiger partial charge on any atom is 0.352 e. The number of rotatable bonds is 4. The number of imidazole rings is 1. The van der Waals surface area contributed by atoms with Crippen molar-refractivity contribution in [2.45, 2.75) is 23.8 Å². The van der Waals surface area contributed by atoms with Crippen LogP contribution in [0.3, 0.4) is 0 Å². The van der Waals surface area contributed by atoms with Crippen LogP contribution in [0.15, 0.2) is 41.8 Å². The number of aromatic nitrogens is 3. The van der Waals surface area contributed by atoms with Crippen LogP contribution < -0.4 is 0 Å². The predicted octanol–water partition coefficient (Wildman–Crippen LogP) is 2.17. The van der Waals surface area contributed by atoms with Gasteiger partial charge in [0.15, 0.2) is 5.03 Å². The van der Waals surface area contributed by atoms with E-state index in [0.29, 0.717) is 13.1 Å².